The topological polar surface area (TPSA) is 31.4 Å². The number of ether oxygens (including phenoxy) is 2. The van der Waals surface area contributed by atoms with E-state index in [1.54, 1.807) is 0 Å². The third-order valence-electron chi connectivity index (χ3n) is 7.44. The van der Waals surface area contributed by atoms with Gasteiger partial charge in [-0.05, 0) is 54.6 Å². The average molecular weight is 469 g/mol. The second kappa shape index (κ2) is 9.17. The van der Waals surface area contributed by atoms with Crippen molar-refractivity contribution in [3.05, 3.63) is 71.9 Å². The molecule has 6 nitrogen and oxygen atoms in total. The minimum absolute atomic E-state index is 0.0617. The van der Waals surface area contributed by atoms with Crippen LogP contribution < -0.4 is 9.80 Å². The van der Waals surface area contributed by atoms with Crippen molar-refractivity contribution in [1.29, 1.82) is 0 Å². The number of halogens is 2. The van der Waals surface area contributed by atoms with Crippen LogP contribution in [0, 0.1) is 11.6 Å². The van der Waals surface area contributed by atoms with Gasteiger partial charge in [0.2, 0.25) is 0 Å². The van der Waals surface area contributed by atoms with Crippen molar-refractivity contribution >= 4 is 11.4 Å². The SMILES string of the molecule is Fc1ccc(N2CCN(C3=CC(N4CCN(c5ccc(F)cc5)CC4)C4COC3O4)CC2)cc1. The average Bonchev–Trinajstić information content (AvgIpc) is 3.29. The van der Waals surface area contributed by atoms with Gasteiger partial charge in [-0.25, -0.2) is 8.78 Å². The number of anilines is 2. The van der Waals surface area contributed by atoms with Crippen molar-refractivity contribution in [1.82, 2.24) is 9.80 Å². The predicted molar refractivity (Wildman–Crippen MR) is 127 cm³/mol. The Hall–Kier alpha value is -2.68. The van der Waals surface area contributed by atoms with Crippen molar-refractivity contribution in [2.45, 2.75) is 18.4 Å². The number of benzene rings is 2. The highest BCUT2D eigenvalue weighted by atomic mass is 19.1. The smallest absolute Gasteiger partial charge is 0.199 e. The van der Waals surface area contributed by atoms with Crippen LogP contribution in [-0.2, 0) is 9.47 Å². The number of rotatable bonds is 4. The highest BCUT2D eigenvalue weighted by molar-refractivity contribution is 5.47. The summed E-state index contributed by atoms with van der Waals surface area (Å²) in [6, 6.07) is 13.7. The van der Waals surface area contributed by atoms with Crippen molar-refractivity contribution in [2.75, 3.05) is 68.8 Å². The molecule has 4 heterocycles. The fraction of sp³-hybridized carbons (Fsp3) is 0.462. The Bertz CT molecular complexity index is 1020. The lowest BCUT2D eigenvalue weighted by Gasteiger charge is -2.44. The number of nitrogens with zero attached hydrogens (tertiary/aromatic N) is 4. The molecule has 3 unspecified atom stereocenters. The Kier molecular flexibility index (Phi) is 5.89. The maximum Gasteiger partial charge on any atom is 0.199 e. The first-order chi connectivity index (χ1) is 16.6. The molecule has 180 valence electrons. The third kappa shape index (κ3) is 4.26. The van der Waals surface area contributed by atoms with Gasteiger partial charge in [-0.3, -0.25) is 4.90 Å². The van der Waals surface area contributed by atoms with E-state index in [1.165, 1.54) is 24.3 Å². The first-order valence-electron chi connectivity index (χ1n) is 12.1. The van der Waals surface area contributed by atoms with Crippen molar-refractivity contribution in [3.63, 3.8) is 0 Å². The molecule has 34 heavy (non-hydrogen) atoms. The number of hydrogen-bond acceptors (Lipinski definition) is 6. The van der Waals surface area contributed by atoms with Gasteiger partial charge in [0.1, 0.15) is 17.7 Å². The van der Waals surface area contributed by atoms with Crippen LogP contribution in [-0.4, -0.2) is 87.2 Å². The molecule has 2 aromatic carbocycles. The van der Waals surface area contributed by atoms with Crippen LogP contribution in [0.15, 0.2) is 60.3 Å². The fourth-order valence-corrected chi connectivity index (χ4v) is 5.51. The molecule has 8 heteroatoms. The first kappa shape index (κ1) is 21.8. The molecule has 0 spiro atoms. The molecule has 0 aromatic heterocycles. The fourth-order valence-electron chi connectivity index (χ4n) is 5.51. The molecule has 0 amide bonds. The Morgan fingerprint density at radius 3 is 1.71 bits per heavy atom. The van der Waals surface area contributed by atoms with Crippen molar-refractivity contribution in [3.8, 4) is 0 Å². The predicted octanol–water partition coefficient (Wildman–Crippen LogP) is 2.92. The van der Waals surface area contributed by atoms with E-state index in [1.807, 2.05) is 24.3 Å². The quantitative estimate of drug-likeness (QED) is 0.686. The van der Waals surface area contributed by atoms with Gasteiger partial charge >= 0.3 is 0 Å². The van der Waals surface area contributed by atoms with Crippen LogP contribution in [0.3, 0.4) is 0 Å². The summed E-state index contributed by atoms with van der Waals surface area (Å²) in [4.78, 5) is 9.48. The Morgan fingerprint density at radius 1 is 0.647 bits per heavy atom. The molecule has 3 atom stereocenters. The monoisotopic (exact) mass is 468 g/mol. The molecule has 4 aliphatic rings. The van der Waals surface area contributed by atoms with Crippen LogP contribution in [0.25, 0.3) is 0 Å². The summed E-state index contributed by atoms with van der Waals surface area (Å²) in [7, 11) is 0. The summed E-state index contributed by atoms with van der Waals surface area (Å²) in [5.41, 5.74) is 3.27. The standard InChI is InChI=1S/C26H30F2N4O2/c27-19-1-5-21(6-2-19)29-9-13-31(14-10-29)23-17-24(26-33-18-25(23)34-26)32-15-11-30(12-16-32)22-7-3-20(28)4-8-22/h1-8,17,23,25-26H,9-16,18H2. The zero-order valence-corrected chi connectivity index (χ0v) is 19.2. The van der Waals surface area contributed by atoms with Gasteiger partial charge in [0.05, 0.1) is 18.3 Å². The van der Waals surface area contributed by atoms with Crippen molar-refractivity contribution in [2.24, 2.45) is 0 Å². The Balaban J connectivity index is 1.11. The molecule has 4 aliphatic heterocycles. The summed E-state index contributed by atoms with van der Waals surface area (Å²) in [5, 5.41) is 0. The van der Waals surface area contributed by atoms with E-state index >= 15 is 0 Å². The van der Waals surface area contributed by atoms with E-state index in [0.717, 1.165) is 69.4 Å². The molecule has 0 N–H and O–H groups in total. The van der Waals surface area contributed by atoms with Gasteiger partial charge < -0.3 is 24.2 Å². The molecule has 0 radical (unpaired) electrons. The highest BCUT2D eigenvalue weighted by Crippen LogP contribution is 2.33. The van der Waals surface area contributed by atoms with Crippen LogP contribution in [0.1, 0.15) is 0 Å². The minimum Gasteiger partial charge on any atom is -0.369 e. The largest absolute Gasteiger partial charge is 0.369 e. The van der Waals surface area contributed by atoms with Crippen LogP contribution in [0.5, 0.6) is 0 Å². The maximum atomic E-state index is 13.3. The highest BCUT2D eigenvalue weighted by Gasteiger charge is 2.43. The second-order valence-corrected chi connectivity index (χ2v) is 9.37. The molecule has 3 saturated heterocycles. The van der Waals surface area contributed by atoms with Crippen molar-refractivity contribution < 1.29 is 18.3 Å². The summed E-state index contributed by atoms with van der Waals surface area (Å²) in [5.74, 6) is -0.405. The van der Waals surface area contributed by atoms with E-state index in [4.69, 9.17) is 9.47 Å². The molecule has 2 bridgehead atoms. The number of fused-ring (bicyclic) bond motifs is 2. The lowest BCUT2D eigenvalue weighted by atomic mass is 10.0. The van der Waals surface area contributed by atoms with E-state index in [-0.39, 0.29) is 30.1 Å². The lowest BCUT2D eigenvalue weighted by Crippen LogP contribution is -2.55. The maximum absolute atomic E-state index is 13.3. The first-order valence-corrected chi connectivity index (χ1v) is 12.1. The molecule has 0 aliphatic carbocycles. The minimum atomic E-state index is -0.279. The van der Waals surface area contributed by atoms with Gasteiger partial charge in [0, 0.05) is 63.7 Å². The molecule has 0 saturated carbocycles. The Morgan fingerprint density at radius 2 is 1.15 bits per heavy atom. The molecule has 3 fully saturated rings. The molecule has 6 rings (SSSR count). The summed E-state index contributed by atoms with van der Waals surface area (Å²) in [6.45, 7) is 7.77. The Labute approximate surface area is 198 Å². The molecule has 2 aromatic rings. The van der Waals surface area contributed by atoms with Gasteiger partial charge in [-0.2, -0.15) is 0 Å². The third-order valence-corrected chi connectivity index (χ3v) is 7.44. The van der Waals surface area contributed by atoms with Gasteiger partial charge in [0.15, 0.2) is 6.29 Å². The summed E-state index contributed by atoms with van der Waals surface area (Å²) in [6.07, 6.45) is 2.15. The van der Waals surface area contributed by atoms with E-state index < -0.39 is 0 Å². The second-order valence-electron chi connectivity index (χ2n) is 9.37. The zero-order chi connectivity index (χ0) is 23.1. The zero-order valence-electron chi connectivity index (χ0n) is 19.2. The normalized spacial score (nSPS) is 27.8. The van der Waals surface area contributed by atoms with Gasteiger partial charge in [0.25, 0.3) is 0 Å². The van der Waals surface area contributed by atoms with Gasteiger partial charge in [-0.15, -0.1) is 0 Å². The van der Waals surface area contributed by atoms with Crippen LogP contribution in [0.2, 0.25) is 0 Å². The molecular formula is C26H30F2N4O2. The van der Waals surface area contributed by atoms with Crippen LogP contribution in [0.4, 0.5) is 20.2 Å². The summed E-state index contributed by atoms with van der Waals surface area (Å²) < 4.78 is 38.9. The van der Waals surface area contributed by atoms with Crippen LogP contribution >= 0.6 is 0 Å². The van der Waals surface area contributed by atoms with E-state index in [0.29, 0.717) is 6.61 Å². The number of hydrogen-bond donors (Lipinski definition) is 0. The van der Waals surface area contributed by atoms with E-state index in [2.05, 4.69) is 25.7 Å². The van der Waals surface area contributed by atoms with Gasteiger partial charge in [-0.1, -0.05) is 0 Å². The number of piperazine rings is 2. The van der Waals surface area contributed by atoms with E-state index in [9.17, 15) is 8.78 Å². The summed E-state index contributed by atoms with van der Waals surface area (Å²) >= 11 is 0. The lowest BCUT2D eigenvalue weighted by molar-refractivity contribution is -0.0701. The molecular weight excluding hydrogens is 438 g/mol.